The van der Waals surface area contributed by atoms with Crippen molar-refractivity contribution in [2.45, 2.75) is 18.8 Å². The predicted molar refractivity (Wildman–Crippen MR) is 80.1 cm³/mol. The lowest BCUT2D eigenvalue weighted by Gasteiger charge is -2.33. The first-order chi connectivity index (χ1) is 10.6. The topological polar surface area (TPSA) is 69.7 Å². The van der Waals surface area contributed by atoms with Crippen molar-refractivity contribution in [3.8, 4) is 0 Å². The Kier molecular flexibility index (Phi) is 4.09. The maximum atomic E-state index is 12.2. The van der Waals surface area contributed by atoms with E-state index in [1.54, 1.807) is 4.90 Å². The Balaban J connectivity index is 1.54. The van der Waals surface area contributed by atoms with Crippen molar-refractivity contribution in [2.75, 3.05) is 26.2 Å². The summed E-state index contributed by atoms with van der Waals surface area (Å²) in [5, 5.41) is 2.42. The van der Waals surface area contributed by atoms with E-state index in [9.17, 15) is 14.4 Å². The molecule has 2 fully saturated rings. The molecule has 1 aromatic rings. The van der Waals surface area contributed by atoms with Crippen LogP contribution in [0, 0.1) is 0 Å². The average molecular weight is 301 g/mol. The monoisotopic (exact) mass is 301 g/mol. The fourth-order valence-electron chi connectivity index (χ4n) is 3.04. The Bertz CT molecular complexity index is 564. The van der Waals surface area contributed by atoms with Crippen molar-refractivity contribution in [2.24, 2.45) is 0 Å². The molecule has 0 saturated carbocycles. The van der Waals surface area contributed by atoms with Gasteiger partial charge in [-0.3, -0.25) is 14.5 Å². The van der Waals surface area contributed by atoms with Crippen molar-refractivity contribution in [3.05, 3.63) is 35.9 Å². The van der Waals surface area contributed by atoms with Gasteiger partial charge in [0.1, 0.15) is 6.54 Å². The van der Waals surface area contributed by atoms with Gasteiger partial charge in [0.25, 0.3) is 5.91 Å². The number of carbonyl (C=O) groups is 3. The molecule has 0 bridgehead atoms. The Labute approximate surface area is 129 Å². The van der Waals surface area contributed by atoms with Crippen LogP contribution in [-0.2, 0) is 9.59 Å². The minimum Gasteiger partial charge on any atom is -0.341 e. The summed E-state index contributed by atoms with van der Waals surface area (Å²) in [6.07, 6.45) is 1.83. The SMILES string of the molecule is O=C(CN1C(=O)CNC1=O)N1CCC(c2ccccc2)CC1. The molecule has 0 unspecified atom stereocenters. The Morgan fingerprint density at radius 2 is 1.82 bits per heavy atom. The fraction of sp³-hybridized carbons (Fsp3) is 0.438. The third-order valence-corrected chi connectivity index (χ3v) is 4.35. The summed E-state index contributed by atoms with van der Waals surface area (Å²) in [4.78, 5) is 38.0. The standard InChI is InChI=1S/C16H19N3O3/c20-14-10-17-16(22)19(14)11-15(21)18-8-6-13(7-9-18)12-4-2-1-3-5-12/h1-5,13H,6-11H2,(H,17,22). The highest BCUT2D eigenvalue weighted by molar-refractivity contribution is 6.04. The number of hydrogen-bond donors (Lipinski definition) is 1. The molecule has 2 aliphatic heterocycles. The summed E-state index contributed by atoms with van der Waals surface area (Å²) in [5.74, 6) is -0.0172. The number of hydrogen-bond acceptors (Lipinski definition) is 3. The molecule has 116 valence electrons. The molecule has 0 atom stereocenters. The first-order valence-corrected chi connectivity index (χ1v) is 7.56. The molecule has 0 aliphatic carbocycles. The van der Waals surface area contributed by atoms with Gasteiger partial charge in [0.2, 0.25) is 5.91 Å². The second-order valence-corrected chi connectivity index (χ2v) is 5.70. The van der Waals surface area contributed by atoms with Crippen LogP contribution >= 0.6 is 0 Å². The highest BCUT2D eigenvalue weighted by Crippen LogP contribution is 2.27. The second-order valence-electron chi connectivity index (χ2n) is 5.70. The van der Waals surface area contributed by atoms with Crippen molar-refractivity contribution >= 4 is 17.8 Å². The number of urea groups is 1. The lowest BCUT2D eigenvalue weighted by molar-refractivity contribution is -0.137. The summed E-state index contributed by atoms with van der Waals surface area (Å²) in [6, 6.07) is 9.83. The Morgan fingerprint density at radius 3 is 2.41 bits per heavy atom. The molecule has 1 N–H and O–H groups in total. The second kappa shape index (κ2) is 6.17. The normalized spacial score (nSPS) is 19.5. The zero-order valence-corrected chi connectivity index (χ0v) is 12.3. The van der Waals surface area contributed by atoms with E-state index in [0.29, 0.717) is 19.0 Å². The average Bonchev–Trinajstić information content (AvgIpc) is 2.88. The molecule has 6 nitrogen and oxygen atoms in total. The minimum absolute atomic E-state index is 0.0117. The van der Waals surface area contributed by atoms with Gasteiger partial charge in [-0.2, -0.15) is 0 Å². The number of carbonyl (C=O) groups excluding carboxylic acids is 3. The van der Waals surface area contributed by atoms with E-state index in [1.165, 1.54) is 5.56 Å². The van der Waals surface area contributed by atoms with Crippen LogP contribution in [-0.4, -0.2) is 53.8 Å². The van der Waals surface area contributed by atoms with E-state index in [-0.39, 0.29) is 24.9 Å². The highest BCUT2D eigenvalue weighted by atomic mass is 16.2. The van der Waals surface area contributed by atoms with E-state index in [1.807, 2.05) is 18.2 Å². The third kappa shape index (κ3) is 2.95. The summed E-state index contributed by atoms with van der Waals surface area (Å²) in [7, 11) is 0. The van der Waals surface area contributed by atoms with Crippen molar-refractivity contribution in [3.63, 3.8) is 0 Å². The number of imide groups is 1. The van der Waals surface area contributed by atoms with Crippen molar-refractivity contribution < 1.29 is 14.4 Å². The van der Waals surface area contributed by atoms with E-state index >= 15 is 0 Å². The molecule has 4 amide bonds. The maximum Gasteiger partial charge on any atom is 0.325 e. The molecule has 0 aromatic heterocycles. The molecule has 1 aromatic carbocycles. The van der Waals surface area contributed by atoms with Crippen LogP contribution in [0.15, 0.2) is 30.3 Å². The fourth-order valence-corrected chi connectivity index (χ4v) is 3.04. The van der Waals surface area contributed by atoms with Crippen LogP contribution in [0.5, 0.6) is 0 Å². The van der Waals surface area contributed by atoms with Crippen LogP contribution < -0.4 is 5.32 Å². The predicted octanol–water partition coefficient (Wildman–Crippen LogP) is 0.944. The summed E-state index contributed by atoms with van der Waals surface area (Å²) >= 11 is 0. The summed E-state index contributed by atoms with van der Waals surface area (Å²) in [5.41, 5.74) is 1.31. The molecular formula is C16H19N3O3. The molecule has 0 radical (unpaired) electrons. The highest BCUT2D eigenvalue weighted by Gasteiger charge is 2.32. The molecule has 2 saturated heterocycles. The van der Waals surface area contributed by atoms with E-state index in [4.69, 9.17) is 0 Å². The van der Waals surface area contributed by atoms with Gasteiger partial charge in [0.15, 0.2) is 0 Å². The lowest BCUT2D eigenvalue weighted by atomic mass is 9.89. The smallest absolute Gasteiger partial charge is 0.325 e. The molecular weight excluding hydrogens is 282 g/mol. The van der Waals surface area contributed by atoms with E-state index in [0.717, 1.165) is 17.7 Å². The Hall–Kier alpha value is -2.37. The number of likely N-dealkylation sites (tertiary alicyclic amines) is 1. The van der Waals surface area contributed by atoms with Crippen molar-refractivity contribution in [1.82, 2.24) is 15.1 Å². The Morgan fingerprint density at radius 1 is 1.14 bits per heavy atom. The zero-order chi connectivity index (χ0) is 15.5. The van der Waals surface area contributed by atoms with Gasteiger partial charge in [-0.25, -0.2) is 4.79 Å². The molecule has 6 heteroatoms. The van der Waals surface area contributed by atoms with E-state index in [2.05, 4.69) is 17.4 Å². The quantitative estimate of drug-likeness (QED) is 0.845. The van der Waals surface area contributed by atoms with Crippen molar-refractivity contribution in [1.29, 1.82) is 0 Å². The van der Waals surface area contributed by atoms with Gasteiger partial charge < -0.3 is 10.2 Å². The van der Waals surface area contributed by atoms with Crippen LogP contribution in [0.1, 0.15) is 24.3 Å². The number of amides is 4. The number of benzene rings is 1. The summed E-state index contributed by atoms with van der Waals surface area (Å²) < 4.78 is 0. The molecule has 2 heterocycles. The molecule has 0 spiro atoms. The van der Waals surface area contributed by atoms with Gasteiger partial charge in [0, 0.05) is 13.1 Å². The van der Waals surface area contributed by atoms with Gasteiger partial charge in [-0.05, 0) is 24.3 Å². The van der Waals surface area contributed by atoms with Crippen LogP contribution in [0.4, 0.5) is 4.79 Å². The van der Waals surface area contributed by atoms with Gasteiger partial charge in [-0.15, -0.1) is 0 Å². The molecule has 3 rings (SSSR count). The van der Waals surface area contributed by atoms with Crippen LogP contribution in [0.3, 0.4) is 0 Å². The number of piperidine rings is 1. The first-order valence-electron chi connectivity index (χ1n) is 7.56. The lowest BCUT2D eigenvalue weighted by Crippen LogP contribution is -2.45. The zero-order valence-electron chi connectivity index (χ0n) is 12.3. The molecule has 22 heavy (non-hydrogen) atoms. The van der Waals surface area contributed by atoms with Crippen LogP contribution in [0.25, 0.3) is 0 Å². The third-order valence-electron chi connectivity index (χ3n) is 4.35. The number of nitrogens with zero attached hydrogens (tertiary/aromatic N) is 2. The maximum absolute atomic E-state index is 12.2. The minimum atomic E-state index is -0.475. The number of rotatable bonds is 3. The van der Waals surface area contributed by atoms with Gasteiger partial charge in [0.05, 0.1) is 6.54 Å². The largest absolute Gasteiger partial charge is 0.341 e. The van der Waals surface area contributed by atoms with Crippen LogP contribution in [0.2, 0.25) is 0 Å². The van der Waals surface area contributed by atoms with E-state index < -0.39 is 6.03 Å². The summed E-state index contributed by atoms with van der Waals surface area (Å²) in [6.45, 7) is 1.17. The first kappa shape index (κ1) is 14.6. The van der Waals surface area contributed by atoms with Gasteiger partial charge >= 0.3 is 6.03 Å². The number of nitrogens with one attached hydrogen (secondary N) is 1. The van der Waals surface area contributed by atoms with Gasteiger partial charge in [-0.1, -0.05) is 30.3 Å². The molecule has 2 aliphatic rings.